The van der Waals surface area contributed by atoms with Crippen molar-refractivity contribution in [3.05, 3.63) is 33.1 Å². The summed E-state index contributed by atoms with van der Waals surface area (Å²) in [5, 5.41) is 10.6. The number of hydrogen-bond donors (Lipinski definition) is 0. The van der Waals surface area contributed by atoms with Gasteiger partial charge in [0.2, 0.25) is 0 Å². The average Bonchev–Trinajstić information content (AvgIpc) is 2.16. The van der Waals surface area contributed by atoms with Crippen LogP contribution in [0.4, 0.5) is 14.5 Å². The van der Waals surface area contributed by atoms with Gasteiger partial charge in [0.05, 0.1) is 16.4 Å². The Hall–Kier alpha value is -1.30. The second kappa shape index (κ2) is 4.48. The van der Waals surface area contributed by atoms with Crippen LogP contribution in [0, 0.1) is 17.0 Å². The van der Waals surface area contributed by atoms with Gasteiger partial charge in [-0.3, -0.25) is 10.1 Å². The van der Waals surface area contributed by atoms with E-state index in [-0.39, 0.29) is 11.4 Å². The molecule has 0 aromatic carbocycles. The number of aryl methyl sites for hydroxylation is 1. The van der Waals surface area contributed by atoms with Crippen molar-refractivity contribution in [3.8, 4) is 0 Å². The highest BCUT2D eigenvalue weighted by Gasteiger charge is 2.28. The third-order valence-corrected chi connectivity index (χ3v) is 2.19. The van der Waals surface area contributed by atoms with Crippen LogP contribution in [0.25, 0.3) is 0 Å². The van der Waals surface area contributed by atoms with E-state index < -0.39 is 22.7 Å². The van der Waals surface area contributed by atoms with Crippen LogP contribution in [0.3, 0.4) is 0 Å². The van der Waals surface area contributed by atoms with Crippen LogP contribution in [0.15, 0.2) is 6.20 Å². The molecule has 0 aliphatic rings. The van der Waals surface area contributed by atoms with Crippen LogP contribution in [0.2, 0.25) is 0 Å². The van der Waals surface area contributed by atoms with Gasteiger partial charge in [0.1, 0.15) is 0 Å². The molecule has 1 rings (SSSR count). The smallest absolute Gasteiger partial charge is 0.258 e. The molecule has 0 fully saturated rings. The fraction of sp³-hybridized carbons (Fsp3) is 0.375. The lowest BCUT2D eigenvalue weighted by Crippen LogP contribution is -2.04. The van der Waals surface area contributed by atoms with Gasteiger partial charge in [0, 0.05) is 6.20 Å². The predicted octanol–water partition coefficient (Wildman–Crippen LogP) is 2.97. The van der Waals surface area contributed by atoms with Crippen molar-refractivity contribution in [2.45, 2.75) is 19.2 Å². The maximum absolute atomic E-state index is 12.4. The van der Waals surface area contributed by atoms with Gasteiger partial charge in [-0.15, -0.1) is 11.6 Å². The Morgan fingerprint density at radius 1 is 1.67 bits per heavy atom. The van der Waals surface area contributed by atoms with Crippen LogP contribution in [-0.2, 0) is 5.88 Å². The molecular weight excluding hydrogens is 230 g/mol. The zero-order valence-corrected chi connectivity index (χ0v) is 8.46. The molecule has 4 nitrogen and oxygen atoms in total. The molecule has 7 heteroatoms. The number of hydrogen-bond acceptors (Lipinski definition) is 3. The second-order valence-corrected chi connectivity index (χ2v) is 3.11. The molecule has 0 aliphatic carbocycles. The number of halogens is 3. The molecule has 0 amide bonds. The van der Waals surface area contributed by atoms with Crippen LogP contribution in [-0.4, -0.2) is 9.91 Å². The van der Waals surface area contributed by atoms with Crippen molar-refractivity contribution in [2.24, 2.45) is 0 Å². The third kappa shape index (κ3) is 2.20. The molecule has 0 aliphatic heterocycles. The van der Waals surface area contributed by atoms with Crippen molar-refractivity contribution in [1.82, 2.24) is 4.98 Å². The fourth-order valence-electron chi connectivity index (χ4n) is 1.18. The van der Waals surface area contributed by atoms with Gasteiger partial charge in [-0.1, -0.05) is 0 Å². The van der Waals surface area contributed by atoms with Gasteiger partial charge in [-0.05, 0) is 12.5 Å². The first-order valence-corrected chi connectivity index (χ1v) is 4.49. The summed E-state index contributed by atoms with van der Waals surface area (Å²) in [4.78, 5) is 13.1. The Labute approximate surface area is 89.0 Å². The van der Waals surface area contributed by atoms with Crippen molar-refractivity contribution < 1.29 is 13.7 Å². The van der Waals surface area contributed by atoms with E-state index in [1.165, 1.54) is 6.92 Å². The minimum atomic E-state index is -2.98. The minimum absolute atomic E-state index is 0.0898. The summed E-state index contributed by atoms with van der Waals surface area (Å²) >= 11 is 5.48. The summed E-state index contributed by atoms with van der Waals surface area (Å²) in [6.45, 7) is 1.53. The molecule has 0 unspecified atom stereocenters. The highest BCUT2D eigenvalue weighted by Crippen LogP contribution is 2.32. The second-order valence-electron chi connectivity index (χ2n) is 2.85. The third-order valence-electron chi connectivity index (χ3n) is 1.92. The first-order chi connectivity index (χ1) is 6.99. The highest BCUT2D eigenvalue weighted by molar-refractivity contribution is 6.17. The SMILES string of the molecule is Cc1cnc(C(F)F)c([N+](=O)[O-])c1CCl. The Balaban J connectivity index is 3.49. The molecule has 1 aromatic rings. The molecule has 1 heterocycles. The monoisotopic (exact) mass is 236 g/mol. The van der Waals surface area contributed by atoms with Crippen LogP contribution >= 0.6 is 11.6 Å². The van der Waals surface area contributed by atoms with E-state index in [0.717, 1.165) is 6.20 Å². The Kier molecular flexibility index (Phi) is 3.52. The lowest BCUT2D eigenvalue weighted by Gasteiger charge is -2.06. The van der Waals surface area contributed by atoms with Gasteiger partial charge in [0.15, 0.2) is 5.69 Å². The first kappa shape index (κ1) is 11.8. The molecule has 0 N–H and O–H groups in total. The molecule has 0 radical (unpaired) electrons. The number of alkyl halides is 3. The maximum atomic E-state index is 12.4. The molecule has 82 valence electrons. The van der Waals surface area contributed by atoms with E-state index in [4.69, 9.17) is 11.6 Å². The van der Waals surface area contributed by atoms with Gasteiger partial charge in [0.25, 0.3) is 6.43 Å². The lowest BCUT2D eigenvalue weighted by atomic mass is 10.1. The van der Waals surface area contributed by atoms with Crippen molar-refractivity contribution in [1.29, 1.82) is 0 Å². The topological polar surface area (TPSA) is 56.0 Å². The van der Waals surface area contributed by atoms with Crippen LogP contribution in [0.1, 0.15) is 23.2 Å². The largest absolute Gasteiger partial charge is 0.301 e. The summed E-state index contributed by atoms with van der Waals surface area (Å²) < 4.78 is 24.9. The summed E-state index contributed by atoms with van der Waals surface area (Å²) in [5.41, 5.74) is -0.991. The Morgan fingerprint density at radius 2 is 2.27 bits per heavy atom. The molecule has 0 bridgehead atoms. The molecule has 0 saturated carbocycles. The van der Waals surface area contributed by atoms with E-state index in [1.807, 2.05) is 0 Å². The average molecular weight is 237 g/mol. The minimum Gasteiger partial charge on any atom is -0.258 e. The van der Waals surface area contributed by atoms with E-state index in [0.29, 0.717) is 5.56 Å². The van der Waals surface area contributed by atoms with Gasteiger partial charge in [-0.25, -0.2) is 13.8 Å². The molecule has 0 saturated heterocycles. The van der Waals surface area contributed by atoms with E-state index in [1.54, 1.807) is 0 Å². The van der Waals surface area contributed by atoms with E-state index in [2.05, 4.69) is 4.98 Å². The summed E-state index contributed by atoms with van der Waals surface area (Å²) in [7, 11) is 0. The maximum Gasteiger partial charge on any atom is 0.301 e. The van der Waals surface area contributed by atoms with Gasteiger partial charge < -0.3 is 0 Å². The molecule has 15 heavy (non-hydrogen) atoms. The molecule has 0 spiro atoms. The molecule has 1 aromatic heterocycles. The van der Waals surface area contributed by atoms with Crippen molar-refractivity contribution >= 4 is 17.3 Å². The zero-order valence-electron chi connectivity index (χ0n) is 7.71. The number of rotatable bonds is 3. The van der Waals surface area contributed by atoms with Crippen LogP contribution < -0.4 is 0 Å². The predicted molar refractivity (Wildman–Crippen MR) is 50.1 cm³/mol. The Morgan fingerprint density at radius 3 is 2.67 bits per heavy atom. The van der Waals surface area contributed by atoms with Crippen LogP contribution in [0.5, 0.6) is 0 Å². The zero-order chi connectivity index (χ0) is 11.6. The van der Waals surface area contributed by atoms with Gasteiger partial charge >= 0.3 is 5.69 Å². The fourth-order valence-corrected chi connectivity index (χ4v) is 1.52. The summed E-state index contributed by atoms with van der Waals surface area (Å²) in [6.07, 6.45) is -1.82. The lowest BCUT2D eigenvalue weighted by molar-refractivity contribution is -0.387. The van der Waals surface area contributed by atoms with E-state index >= 15 is 0 Å². The first-order valence-electron chi connectivity index (χ1n) is 3.96. The normalized spacial score (nSPS) is 10.7. The summed E-state index contributed by atoms with van der Waals surface area (Å²) in [6, 6.07) is 0. The number of nitrogens with zero attached hydrogens (tertiary/aromatic N) is 2. The van der Waals surface area contributed by atoms with Crippen molar-refractivity contribution in [3.63, 3.8) is 0 Å². The number of pyridine rings is 1. The Bertz CT molecular complexity index is 398. The number of aromatic nitrogens is 1. The quantitative estimate of drug-likeness (QED) is 0.461. The highest BCUT2D eigenvalue weighted by atomic mass is 35.5. The summed E-state index contributed by atoms with van der Waals surface area (Å²) in [5.74, 6) is -0.190. The van der Waals surface area contributed by atoms with E-state index in [9.17, 15) is 18.9 Å². The number of nitro groups is 1. The van der Waals surface area contributed by atoms with Gasteiger partial charge in [-0.2, -0.15) is 0 Å². The van der Waals surface area contributed by atoms with Crippen molar-refractivity contribution in [2.75, 3.05) is 0 Å². The molecular formula is C8H7ClF2N2O2. The standard InChI is InChI=1S/C8H7ClF2N2O2/c1-4-3-12-6(8(10)11)7(13(14)15)5(4)2-9/h3,8H,2H2,1H3. The molecule has 0 atom stereocenters.